The van der Waals surface area contributed by atoms with Crippen molar-refractivity contribution in [2.24, 2.45) is 0 Å². The van der Waals surface area contributed by atoms with Gasteiger partial charge in [-0.2, -0.15) is 0 Å². The van der Waals surface area contributed by atoms with E-state index in [1.165, 1.54) is 27.8 Å². The van der Waals surface area contributed by atoms with Crippen LogP contribution in [0.15, 0.2) is 91.0 Å². The van der Waals surface area contributed by atoms with Crippen LogP contribution in [-0.2, 0) is 12.8 Å². The maximum atomic E-state index is 6.63. The van der Waals surface area contributed by atoms with Crippen LogP contribution in [0.3, 0.4) is 0 Å². The molecule has 2 nitrogen and oxygen atoms in total. The van der Waals surface area contributed by atoms with Gasteiger partial charge in [-0.05, 0) is 29.7 Å². The van der Waals surface area contributed by atoms with Crippen molar-refractivity contribution in [1.29, 1.82) is 0 Å². The molecule has 0 bridgehead atoms. The number of rotatable bonds is 3. The summed E-state index contributed by atoms with van der Waals surface area (Å²) in [5.74, 6) is 2.02. The van der Waals surface area contributed by atoms with E-state index in [-0.39, 0.29) is 12.2 Å². The topological polar surface area (TPSA) is 18.5 Å². The van der Waals surface area contributed by atoms with Crippen LogP contribution in [0.2, 0.25) is 0 Å². The Labute approximate surface area is 183 Å². The number of hydrogen-bond acceptors (Lipinski definition) is 2. The molecule has 2 atom stereocenters. The van der Waals surface area contributed by atoms with Crippen LogP contribution in [0.1, 0.15) is 40.0 Å². The number of ether oxygens (including phenoxy) is 2. The molecule has 0 aromatic heterocycles. The van der Waals surface area contributed by atoms with Crippen molar-refractivity contribution in [2.75, 3.05) is 0 Å². The molecule has 2 heterocycles. The molecule has 2 aliphatic rings. The first-order chi connectivity index (χ1) is 15.3. The Morgan fingerprint density at radius 2 is 1.26 bits per heavy atom. The molecule has 2 unspecified atom stereocenters. The quantitative estimate of drug-likeness (QED) is 0.365. The zero-order chi connectivity index (χ0) is 20.8. The number of benzene rings is 4. The van der Waals surface area contributed by atoms with Crippen LogP contribution in [0.4, 0.5) is 0 Å². The number of hydrogen-bond donors (Lipinski definition) is 0. The fourth-order valence-electron chi connectivity index (χ4n) is 4.81. The van der Waals surface area contributed by atoms with Crippen LogP contribution >= 0.6 is 0 Å². The van der Waals surface area contributed by atoms with Crippen molar-refractivity contribution in [2.45, 2.75) is 32.0 Å². The fraction of sp³-hybridized carbons (Fsp3) is 0.172. The minimum Gasteiger partial charge on any atom is -0.485 e. The third-order valence-electron chi connectivity index (χ3n) is 6.47. The van der Waals surface area contributed by atoms with E-state index in [1.54, 1.807) is 0 Å². The summed E-state index contributed by atoms with van der Waals surface area (Å²) in [6.07, 6.45) is 1.87. The second-order valence-corrected chi connectivity index (χ2v) is 8.52. The summed E-state index contributed by atoms with van der Waals surface area (Å²) in [7, 11) is 0. The molecule has 31 heavy (non-hydrogen) atoms. The molecule has 2 aliphatic heterocycles. The molecule has 4 aromatic rings. The van der Waals surface area contributed by atoms with E-state index in [9.17, 15) is 0 Å². The van der Waals surface area contributed by atoms with Crippen LogP contribution in [0, 0.1) is 6.92 Å². The molecule has 0 saturated carbocycles. The second kappa shape index (κ2) is 7.31. The molecule has 6 rings (SSSR count). The predicted molar refractivity (Wildman–Crippen MR) is 124 cm³/mol. The first-order valence-electron chi connectivity index (χ1n) is 11.0. The van der Waals surface area contributed by atoms with Gasteiger partial charge in [0.2, 0.25) is 0 Å². The molecule has 2 heteroatoms. The van der Waals surface area contributed by atoms with E-state index >= 15 is 0 Å². The van der Waals surface area contributed by atoms with Crippen LogP contribution in [0.5, 0.6) is 11.5 Å². The summed E-state index contributed by atoms with van der Waals surface area (Å²) < 4.78 is 13.1. The van der Waals surface area contributed by atoms with Gasteiger partial charge in [-0.25, -0.2) is 0 Å². The lowest BCUT2D eigenvalue weighted by Crippen LogP contribution is -2.04. The van der Waals surface area contributed by atoms with Crippen LogP contribution in [-0.4, -0.2) is 0 Å². The molecular weight excluding hydrogens is 380 g/mol. The van der Waals surface area contributed by atoms with Gasteiger partial charge in [0.25, 0.3) is 0 Å². The summed E-state index contributed by atoms with van der Waals surface area (Å²) in [5.41, 5.74) is 8.62. The van der Waals surface area contributed by atoms with E-state index in [4.69, 9.17) is 9.47 Å². The monoisotopic (exact) mass is 404 g/mol. The Balaban J connectivity index is 1.44. The Bertz CT molecular complexity index is 1230. The van der Waals surface area contributed by atoms with Gasteiger partial charge in [0.05, 0.1) is 0 Å². The fourth-order valence-corrected chi connectivity index (χ4v) is 4.81. The summed E-state index contributed by atoms with van der Waals surface area (Å²) in [5, 5.41) is 0. The SMILES string of the molecule is Cc1ccc(C2Cc3c4c(cc(-c5ccccc5)c3O2)OC(c2ccccc2)C4)cc1. The molecule has 152 valence electrons. The van der Waals surface area contributed by atoms with Gasteiger partial charge < -0.3 is 9.47 Å². The van der Waals surface area contributed by atoms with Gasteiger partial charge in [-0.3, -0.25) is 0 Å². The average molecular weight is 405 g/mol. The standard InChI is InChI=1S/C29H24O2/c1-19-12-14-22(15-13-19)27-18-25-24-17-26(21-10-6-3-7-11-21)30-28(24)16-23(29(25)31-27)20-8-4-2-5-9-20/h2-16,26-27H,17-18H2,1H3. The molecule has 0 radical (unpaired) electrons. The van der Waals surface area contributed by atoms with Crippen molar-refractivity contribution in [3.8, 4) is 22.6 Å². The first-order valence-corrected chi connectivity index (χ1v) is 11.0. The lowest BCUT2D eigenvalue weighted by Gasteiger charge is -2.14. The van der Waals surface area contributed by atoms with Gasteiger partial charge >= 0.3 is 0 Å². The van der Waals surface area contributed by atoms with E-state index in [0.717, 1.165) is 35.5 Å². The largest absolute Gasteiger partial charge is 0.485 e. The molecule has 0 fully saturated rings. The molecule has 0 N–H and O–H groups in total. The van der Waals surface area contributed by atoms with Crippen molar-refractivity contribution in [3.05, 3.63) is 119 Å². The highest BCUT2D eigenvalue weighted by atomic mass is 16.5. The average Bonchev–Trinajstić information content (AvgIpc) is 3.45. The summed E-state index contributed by atoms with van der Waals surface area (Å²) >= 11 is 0. The van der Waals surface area contributed by atoms with Crippen molar-refractivity contribution in [1.82, 2.24) is 0 Å². The number of aryl methyl sites for hydroxylation is 1. The van der Waals surface area contributed by atoms with Crippen molar-refractivity contribution < 1.29 is 9.47 Å². The Morgan fingerprint density at radius 1 is 0.645 bits per heavy atom. The van der Waals surface area contributed by atoms with Gasteiger partial charge in [-0.15, -0.1) is 0 Å². The smallest absolute Gasteiger partial charge is 0.131 e. The molecule has 0 aliphatic carbocycles. The Morgan fingerprint density at radius 3 is 2.00 bits per heavy atom. The van der Waals surface area contributed by atoms with Gasteiger partial charge in [0.1, 0.15) is 23.7 Å². The van der Waals surface area contributed by atoms with Gasteiger partial charge in [-0.1, -0.05) is 90.5 Å². The molecule has 0 saturated heterocycles. The van der Waals surface area contributed by atoms with E-state index < -0.39 is 0 Å². The maximum Gasteiger partial charge on any atom is 0.131 e. The lowest BCUT2D eigenvalue weighted by atomic mass is 9.92. The highest BCUT2D eigenvalue weighted by Gasteiger charge is 2.36. The summed E-state index contributed by atoms with van der Waals surface area (Å²) in [6, 6.07) is 31.9. The highest BCUT2D eigenvalue weighted by molar-refractivity contribution is 5.77. The van der Waals surface area contributed by atoms with Crippen LogP contribution in [0.25, 0.3) is 11.1 Å². The van der Waals surface area contributed by atoms with Gasteiger partial charge in [0.15, 0.2) is 0 Å². The van der Waals surface area contributed by atoms with Crippen molar-refractivity contribution >= 4 is 0 Å². The minimum atomic E-state index is 0.0420. The first kappa shape index (κ1) is 18.3. The zero-order valence-electron chi connectivity index (χ0n) is 17.5. The van der Waals surface area contributed by atoms with E-state index in [1.807, 2.05) is 0 Å². The van der Waals surface area contributed by atoms with Crippen LogP contribution < -0.4 is 9.47 Å². The summed E-state index contributed by atoms with van der Waals surface area (Å²) in [4.78, 5) is 0. The molecule has 0 amide bonds. The third-order valence-corrected chi connectivity index (χ3v) is 6.47. The van der Waals surface area contributed by atoms with Crippen molar-refractivity contribution in [3.63, 3.8) is 0 Å². The third kappa shape index (κ3) is 3.19. The maximum absolute atomic E-state index is 6.63. The summed E-state index contributed by atoms with van der Waals surface area (Å²) in [6.45, 7) is 2.12. The number of fused-ring (bicyclic) bond motifs is 3. The molecule has 4 aromatic carbocycles. The minimum absolute atomic E-state index is 0.0420. The predicted octanol–water partition coefficient (Wildman–Crippen LogP) is 7.01. The lowest BCUT2D eigenvalue weighted by molar-refractivity contribution is 0.236. The molecular formula is C29H24O2. The highest BCUT2D eigenvalue weighted by Crippen LogP contribution is 2.51. The zero-order valence-corrected chi connectivity index (χ0v) is 17.5. The normalized spacial score (nSPS) is 18.7. The Kier molecular flexibility index (Phi) is 4.31. The van der Waals surface area contributed by atoms with Gasteiger partial charge in [0, 0.05) is 29.5 Å². The van der Waals surface area contributed by atoms with E-state index in [0.29, 0.717) is 0 Å². The molecule has 0 spiro atoms. The van der Waals surface area contributed by atoms with E-state index in [2.05, 4.69) is 97.9 Å². The second-order valence-electron chi connectivity index (χ2n) is 8.52. The Hall–Kier alpha value is -3.52.